The second kappa shape index (κ2) is 8.18. The summed E-state index contributed by atoms with van der Waals surface area (Å²) in [5, 5.41) is 3.27. The fraction of sp³-hybridized carbons (Fsp3) is 0.636. The van der Waals surface area contributed by atoms with Gasteiger partial charge in [0.15, 0.2) is 0 Å². The van der Waals surface area contributed by atoms with E-state index in [2.05, 4.69) is 24.1 Å². The van der Waals surface area contributed by atoms with Crippen molar-refractivity contribution in [2.75, 3.05) is 6.54 Å². The van der Waals surface area contributed by atoms with Crippen molar-refractivity contribution in [3.05, 3.63) is 0 Å². The molecule has 0 aliphatic carbocycles. The Morgan fingerprint density at radius 3 is 2.67 bits per heavy atom. The SMILES string of the molecule is C#CCCCNC(C#C)CCC. The zero-order valence-corrected chi connectivity index (χ0v) is 7.77. The molecule has 1 nitrogen and oxygen atoms in total. The Labute approximate surface area is 75.9 Å². The van der Waals surface area contributed by atoms with Crippen molar-refractivity contribution in [2.45, 2.75) is 38.6 Å². The van der Waals surface area contributed by atoms with E-state index in [0.717, 1.165) is 32.2 Å². The molecule has 0 saturated heterocycles. The molecule has 0 saturated carbocycles. The summed E-state index contributed by atoms with van der Waals surface area (Å²) in [5.74, 6) is 5.32. The third kappa shape index (κ3) is 5.83. The van der Waals surface area contributed by atoms with Crippen molar-refractivity contribution in [3.8, 4) is 24.7 Å². The van der Waals surface area contributed by atoms with Crippen LogP contribution < -0.4 is 5.32 Å². The van der Waals surface area contributed by atoms with Gasteiger partial charge < -0.3 is 5.32 Å². The molecule has 0 spiro atoms. The molecule has 0 aromatic rings. The van der Waals surface area contributed by atoms with Crippen LogP contribution in [0.3, 0.4) is 0 Å². The minimum absolute atomic E-state index is 0.229. The summed E-state index contributed by atoms with van der Waals surface area (Å²) in [6.07, 6.45) is 14.5. The summed E-state index contributed by atoms with van der Waals surface area (Å²) >= 11 is 0. The van der Waals surface area contributed by atoms with Crippen LogP contribution in [0.1, 0.15) is 32.6 Å². The van der Waals surface area contributed by atoms with Crippen molar-refractivity contribution in [1.29, 1.82) is 0 Å². The molecule has 0 amide bonds. The Morgan fingerprint density at radius 1 is 1.42 bits per heavy atom. The monoisotopic (exact) mass is 163 g/mol. The zero-order chi connectivity index (χ0) is 9.23. The van der Waals surface area contributed by atoms with Crippen LogP contribution in [0.25, 0.3) is 0 Å². The largest absolute Gasteiger partial charge is 0.304 e. The van der Waals surface area contributed by atoms with Gasteiger partial charge >= 0.3 is 0 Å². The van der Waals surface area contributed by atoms with E-state index in [9.17, 15) is 0 Å². The van der Waals surface area contributed by atoms with Crippen molar-refractivity contribution < 1.29 is 0 Å². The highest BCUT2D eigenvalue weighted by atomic mass is 14.9. The average Bonchev–Trinajstić information content (AvgIpc) is 2.10. The van der Waals surface area contributed by atoms with Gasteiger partial charge in [-0.1, -0.05) is 19.3 Å². The van der Waals surface area contributed by atoms with Crippen LogP contribution in [0.2, 0.25) is 0 Å². The molecule has 1 unspecified atom stereocenters. The smallest absolute Gasteiger partial charge is 0.0686 e. The summed E-state index contributed by atoms with van der Waals surface area (Å²) in [6, 6.07) is 0.229. The molecule has 1 atom stereocenters. The number of hydrogen-bond acceptors (Lipinski definition) is 1. The van der Waals surface area contributed by atoms with E-state index >= 15 is 0 Å². The summed E-state index contributed by atoms with van der Waals surface area (Å²) < 4.78 is 0. The maximum atomic E-state index is 5.32. The van der Waals surface area contributed by atoms with E-state index in [0.29, 0.717) is 0 Å². The van der Waals surface area contributed by atoms with Crippen molar-refractivity contribution in [1.82, 2.24) is 5.32 Å². The second-order valence-electron chi connectivity index (χ2n) is 2.77. The lowest BCUT2D eigenvalue weighted by Gasteiger charge is -2.10. The molecule has 0 aliphatic heterocycles. The third-order valence-electron chi connectivity index (χ3n) is 1.67. The van der Waals surface area contributed by atoms with Gasteiger partial charge in [0, 0.05) is 6.42 Å². The molecule has 66 valence electrons. The van der Waals surface area contributed by atoms with Crippen LogP contribution in [0.5, 0.6) is 0 Å². The second-order valence-corrected chi connectivity index (χ2v) is 2.77. The molecule has 0 radical (unpaired) electrons. The van der Waals surface area contributed by atoms with Crippen LogP contribution in [0.4, 0.5) is 0 Å². The fourth-order valence-corrected chi connectivity index (χ4v) is 1.000. The van der Waals surface area contributed by atoms with Crippen LogP contribution in [-0.4, -0.2) is 12.6 Å². The standard InChI is InChI=1S/C11H17N/c1-4-7-8-10-12-11(6-3)9-5-2/h1,3,11-12H,5,7-10H2,2H3. The molecule has 1 heteroatoms. The van der Waals surface area contributed by atoms with Gasteiger partial charge in [-0.3, -0.25) is 0 Å². The van der Waals surface area contributed by atoms with E-state index in [1.165, 1.54) is 0 Å². The van der Waals surface area contributed by atoms with Crippen molar-refractivity contribution >= 4 is 0 Å². The Bertz CT molecular complexity index is 170. The Balaban J connectivity index is 3.34. The summed E-state index contributed by atoms with van der Waals surface area (Å²) in [5.41, 5.74) is 0. The fourth-order valence-electron chi connectivity index (χ4n) is 1.000. The van der Waals surface area contributed by atoms with Gasteiger partial charge in [-0.15, -0.1) is 18.8 Å². The lowest BCUT2D eigenvalue weighted by molar-refractivity contribution is 0.554. The van der Waals surface area contributed by atoms with E-state index < -0.39 is 0 Å². The minimum Gasteiger partial charge on any atom is -0.304 e. The summed E-state index contributed by atoms with van der Waals surface area (Å²) in [6.45, 7) is 3.06. The molecule has 0 heterocycles. The summed E-state index contributed by atoms with van der Waals surface area (Å²) in [4.78, 5) is 0. The van der Waals surface area contributed by atoms with Gasteiger partial charge in [-0.05, 0) is 19.4 Å². The average molecular weight is 163 g/mol. The maximum Gasteiger partial charge on any atom is 0.0686 e. The van der Waals surface area contributed by atoms with Crippen molar-refractivity contribution in [2.24, 2.45) is 0 Å². The third-order valence-corrected chi connectivity index (χ3v) is 1.67. The Morgan fingerprint density at radius 2 is 2.17 bits per heavy atom. The van der Waals surface area contributed by atoms with Crippen LogP contribution >= 0.6 is 0 Å². The predicted octanol–water partition coefficient (Wildman–Crippen LogP) is 1.79. The molecule has 0 aliphatic rings. The number of hydrogen-bond donors (Lipinski definition) is 1. The Hall–Kier alpha value is -0.920. The lowest BCUT2D eigenvalue weighted by atomic mass is 10.2. The quantitative estimate of drug-likeness (QED) is 0.465. The lowest BCUT2D eigenvalue weighted by Crippen LogP contribution is -2.28. The molecule has 0 aromatic heterocycles. The predicted molar refractivity (Wildman–Crippen MR) is 53.6 cm³/mol. The molecule has 0 aromatic carbocycles. The Kier molecular flexibility index (Phi) is 7.55. The normalized spacial score (nSPS) is 11.6. The molecular weight excluding hydrogens is 146 g/mol. The molecule has 0 rings (SSSR count). The van der Waals surface area contributed by atoms with E-state index in [-0.39, 0.29) is 6.04 Å². The number of unbranched alkanes of at least 4 members (excludes halogenated alkanes) is 1. The van der Waals surface area contributed by atoms with Crippen LogP contribution in [0, 0.1) is 24.7 Å². The van der Waals surface area contributed by atoms with Gasteiger partial charge in [0.2, 0.25) is 0 Å². The first-order valence-electron chi connectivity index (χ1n) is 4.48. The van der Waals surface area contributed by atoms with Gasteiger partial charge in [0.1, 0.15) is 0 Å². The number of terminal acetylenes is 2. The zero-order valence-electron chi connectivity index (χ0n) is 7.77. The molecule has 1 N–H and O–H groups in total. The number of rotatable bonds is 6. The first-order valence-corrected chi connectivity index (χ1v) is 4.48. The first kappa shape index (κ1) is 11.1. The molecule has 12 heavy (non-hydrogen) atoms. The topological polar surface area (TPSA) is 12.0 Å². The maximum absolute atomic E-state index is 5.32. The van der Waals surface area contributed by atoms with Crippen molar-refractivity contribution in [3.63, 3.8) is 0 Å². The van der Waals surface area contributed by atoms with Gasteiger partial charge in [-0.25, -0.2) is 0 Å². The molecule has 0 bridgehead atoms. The highest BCUT2D eigenvalue weighted by Crippen LogP contribution is 1.95. The van der Waals surface area contributed by atoms with E-state index in [1.807, 2.05) is 0 Å². The van der Waals surface area contributed by atoms with E-state index in [1.54, 1.807) is 0 Å². The van der Waals surface area contributed by atoms with E-state index in [4.69, 9.17) is 12.8 Å². The molecular formula is C11H17N. The molecule has 0 fully saturated rings. The van der Waals surface area contributed by atoms with Crippen LogP contribution in [-0.2, 0) is 0 Å². The first-order chi connectivity index (χ1) is 5.85. The minimum atomic E-state index is 0.229. The highest BCUT2D eigenvalue weighted by Gasteiger charge is 1.99. The van der Waals surface area contributed by atoms with Gasteiger partial charge in [-0.2, -0.15) is 0 Å². The van der Waals surface area contributed by atoms with Gasteiger partial charge in [0.25, 0.3) is 0 Å². The van der Waals surface area contributed by atoms with Gasteiger partial charge in [0.05, 0.1) is 6.04 Å². The highest BCUT2D eigenvalue weighted by molar-refractivity contribution is 4.98. The summed E-state index contributed by atoms with van der Waals surface area (Å²) in [7, 11) is 0. The number of nitrogens with one attached hydrogen (secondary N) is 1. The van der Waals surface area contributed by atoms with Crippen LogP contribution in [0.15, 0.2) is 0 Å².